The standard InChI is InChI=1S/C11H9ClF2N2O2S3/c1-6-9(20-10(12)15-6)21(17,18)16-7-2-4-8(5-3-7)19-11(13)14/h2-5,11,16H,1H3. The molecule has 1 heterocycles. The number of hydrogen-bond acceptors (Lipinski definition) is 5. The average Bonchev–Trinajstić information content (AvgIpc) is 2.71. The molecule has 1 aromatic carbocycles. The summed E-state index contributed by atoms with van der Waals surface area (Å²) >= 11 is 6.93. The highest BCUT2D eigenvalue weighted by Crippen LogP contribution is 2.30. The molecular weight excluding hydrogens is 362 g/mol. The van der Waals surface area contributed by atoms with Gasteiger partial charge in [-0.25, -0.2) is 13.4 Å². The van der Waals surface area contributed by atoms with Crippen molar-refractivity contribution in [2.45, 2.75) is 21.8 Å². The maximum absolute atomic E-state index is 12.2. The molecule has 0 unspecified atom stereocenters. The Morgan fingerprint density at radius 2 is 1.95 bits per heavy atom. The molecule has 0 aliphatic carbocycles. The number of benzene rings is 1. The van der Waals surface area contributed by atoms with E-state index in [1.165, 1.54) is 24.3 Å². The van der Waals surface area contributed by atoms with Crippen LogP contribution in [0.1, 0.15) is 5.69 Å². The van der Waals surface area contributed by atoms with Gasteiger partial charge in [-0.05, 0) is 31.2 Å². The van der Waals surface area contributed by atoms with E-state index in [-0.39, 0.29) is 14.4 Å². The molecular formula is C11H9ClF2N2O2S3. The summed E-state index contributed by atoms with van der Waals surface area (Å²) in [6, 6.07) is 5.67. The Kier molecular flexibility index (Phi) is 5.07. The monoisotopic (exact) mass is 370 g/mol. The molecule has 0 fully saturated rings. The lowest BCUT2D eigenvalue weighted by molar-refractivity contribution is 0.252. The minimum atomic E-state index is -3.79. The summed E-state index contributed by atoms with van der Waals surface area (Å²) in [7, 11) is -3.79. The highest BCUT2D eigenvalue weighted by molar-refractivity contribution is 7.99. The number of anilines is 1. The smallest absolute Gasteiger partial charge is 0.279 e. The van der Waals surface area contributed by atoms with Crippen molar-refractivity contribution in [1.82, 2.24) is 4.98 Å². The van der Waals surface area contributed by atoms with Gasteiger partial charge in [-0.1, -0.05) is 34.7 Å². The third kappa shape index (κ3) is 4.29. The first-order chi connectivity index (χ1) is 9.78. The van der Waals surface area contributed by atoms with E-state index in [0.29, 0.717) is 22.4 Å². The third-order valence-electron chi connectivity index (χ3n) is 2.30. The largest absolute Gasteiger partial charge is 0.288 e. The third-order valence-corrected chi connectivity index (χ3v) is 6.28. The predicted octanol–water partition coefficient (Wildman–Crippen LogP) is 4.22. The summed E-state index contributed by atoms with van der Waals surface area (Å²) in [6.07, 6.45) is 0. The Bertz CT molecular complexity index is 732. The Labute approximate surface area is 133 Å². The molecule has 10 heteroatoms. The van der Waals surface area contributed by atoms with Crippen molar-refractivity contribution in [2.24, 2.45) is 0 Å². The molecule has 0 spiro atoms. The van der Waals surface area contributed by atoms with Crippen LogP contribution < -0.4 is 4.72 Å². The van der Waals surface area contributed by atoms with E-state index in [1.807, 2.05) is 0 Å². The fourth-order valence-electron chi connectivity index (χ4n) is 1.51. The van der Waals surface area contributed by atoms with E-state index < -0.39 is 15.8 Å². The van der Waals surface area contributed by atoms with Gasteiger partial charge in [0.2, 0.25) is 0 Å². The maximum Gasteiger partial charge on any atom is 0.288 e. The lowest BCUT2D eigenvalue weighted by Gasteiger charge is -2.07. The molecule has 2 aromatic rings. The van der Waals surface area contributed by atoms with Crippen LogP contribution in [0.25, 0.3) is 0 Å². The van der Waals surface area contributed by atoms with Crippen LogP contribution in [0.3, 0.4) is 0 Å². The maximum atomic E-state index is 12.2. The van der Waals surface area contributed by atoms with Crippen molar-refractivity contribution < 1.29 is 17.2 Å². The Hall–Kier alpha value is -0.900. The van der Waals surface area contributed by atoms with Gasteiger partial charge >= 0.3 is 0 Å². The molecule has 0 atom stereocenters. The van der Waals surface area contributed by atoms with Crippen LogP contribution in [-0.4, -0.2) is 19.2 Å². The molecule has 2 rings (SSSR count). The van der Waals surface area contributed by atoms with Gasteiger partial charge in [-0.15, -0.1) is 0 Å². The number of nitrogens with one attached hydrogen (secondary N) is 1. The van der Waals surface area contributed by atoms with Gasteiger partial charge in [0.15, 0.2) is 8.68 Å². The SMILES string of the molecule is Cc1nc(Cl)sc1S(=O)(=O)Nc1ccc(SC(F)F)cc1. The van der Waals surface area contributed by atoms with Gasteiger partial charge < -0.3 is 0 Å². The number of sulfonamides is 1. The quantitative estimate of drug-likeness (QED) is 0.800. The first-order valence-corrected chi connectivity index (χ1v) is 9.04. The van der Waals surface area contributed by atoms with Crippen LogP contribution in [0.2, 0.25) is 4.47 Å². The molecule has 0 amide bonds. The topological polar surface area (TPSA) is 59.1 Å². The van der Waals surface area contributed by atoms with Crippen molar-refractivity contribution in [1.29, 1.82) is 0 Å². The molecule has 1 N–H and O–H groups in total. The van der Waals surface area contributed by atoms with E-state index >= 15 is 0 Å². The number of aryl methyl sites for hydroxylation is 1. The number of rotatable bonds is 5. The van der Waals surface area contributed by atoms with Gasteiger partial charge in [0.05, 0.1) is 5.69 Å². The Balaban J connectivity index is 2.19. The summed E-state index contributed by atoms with van der Waals surface area (Å²) in [6.45, 7) is 1.54. The number of halogens is 3. The van der Waals surface area contributed by atoms with Gasteiger partial charge in [-0.3, -0.25) is 4.72 Å². The van der Waals surface area contributed by atoms with E-state index in [2.05, 4.69) is 9.71 Å². The lowest BCUT2D eigenvalue weighted by Crippen LogP contribution is -2.12. The summed E-state index contributed by atoms with van der Waals surface area (Å²) in [5.74, 6) is -2.52. The van der Waals surface area contributed by atoms with Crippen LogP contribution >= 0.6 is 34.7 Å². The second-order valence-corrected chi connectivity index (χ2v) is 8.37. The van der Waals surface area contributed by atoms with Crippen molar-refractivity contribution in [3.05, 3.63) is 34.4 Å². The van der Waals surface area contributed by atoms with E-state index in [4.69, 9.17) is 11.6 Å². The molecule has 1 aromatic heterocycles. The minimum absolute atomic E-state index is 0.0264. The first kappa shape index (κ1) is 16.5. The molecule has 0 aliphatic heterocycles. The summed E-state index contributed by atoms with van der Waals surface area (Å²) in [4.78, 5) is 4.20. The number of thioether (sulfide) groups is 1. The fourth-order valence-corrected chi connectivity index (χ4v) is 4.80. The molecule has 0 saturated heterocycles. The van der Waals surface area contributed by atoms with Crippen molar-refractivity contribution in [3.8, 4) is 0 Å². The Morgan fingerprint density at radius 3 is 2.43 bits per heavy atom. The molecule has 114 valence electrons. The second kappa shape index (κ2) is 6.47. The molecule has 0 radical (unpaired) electrons. The fraction of sp³-hybridized carbons (Fsp3) is 0.182. The van der Waals surface area contributed by atoms with Gasteiger partial charge in [0.25, 0.3) is 15.8 Å². The molecule has 0 saturated carbocycles. The average molecular weight is 371 g/mol. The summed E-state index contributed by atoms with van der Waals surface area (Å²) in [5.41, 5.74) is 0.583. The normalized spacial score (nSPS) is 11.9. The van der Waals surface area contributed by atoms with Crippen LogP contribution in [0.4, 0.5) is 14.5 Å². The highest BCUT2D eigenvalue weighted by Gasteiger charge is 2.21. The van der Waals surface area contributed by atoms with Gasteiger partial charge in [-0.2, -0.15) is 8.78 Å². The summed E-state index contributed by atoms with van der Waals surface area (Å²) in [5, 5.41) is 0. The van der Waals surface area contributed by atoms with Gasteiger partial charge in [0, 0.05) is 10.6 Å². The van der Waals surface area contributed by atoms with Crippen molar-refractivity contribution in [3.63, 3.8) is 0 Å². The number of hydrogen-bond donors (Lipinski definition) is 1. The lowest BCUT2D eigenvalue weighted by atomic mass is 10.3. The number of thiazole rings is 1. The van der Waals surface area contributed by atoms with E-state index in [1.54, 1.807) is 6.92 Å². The van der Waals surface area contributed by atoms with Crippen LogP contribution in [0.5, 0.6) is 0 Å². The molecule has 4 nitrogen and oxygen atoms in total. The number of alkyl halides is 2. The number of aromatic nitrogens is 1. The van der Waals surface area contributed by atoms with Gasteiger partial charge in [0.1, 0.15) is 0 Å². The highest BCUT2D eigenvalue weighted by atomic mass is 35.5. The minimum Gasteiger partial charge on any atom is -0.279 e. The zero-order valence-corrected chi connectivity index (χ0v) is 13.7. The number of nitrogens with zero attached hydrogens (tertiary/aromatic N) is 1. The molecule has 0 bridgehead atoms. The molecule has 0 aliphatic rings. The van der Waals surface area contributed by atoms with Crippen LogP contribution in [0.15, 0.2) is 33.4 Å². The van der Waals surface area contributed by atoms with E-state index in [9.17, 15) is 17.2 Å². The zero-order valence-electron chi connectivity index (χ0n) is 10.5. The van der Waals surface area contributed by atoms with E-state index in [0.717, 1.165) is 11.3 Å². The van der Waals surface area contributed by atoms with Crippen molar-refractivity contribution in [2.75, 3.05) is 4.72 Å². The first-order valence-electron chi connectivity index (χ1n) is 5.48. The zero-order chi connectivity index (χ0) is 15.6. The summed E-state index contributed by atoms with van der Waals surface area (Å²) < 4.78 is 51.3. The van der Waals surface area contributed by atoms with Crippen LogP contribution in [-0.2, 0) is 10.0 Å². The Morgan fingerprint density at radius 1 is 1.33 bits per heavy atom. The molecule has 21 heavy (non-hydrogen) atoms. The predicted molar refractivity (Wildman–Crippen MR) is 81.0 cm³/mol. The second-order valence-electron chi connectivity index (χ2n) is 3.85. The van der Waals surface area contributed by atoms with Crippen molar-refractivity contribution >= 4 is 50.4 Å². The van der Waals surface area contributed by atoms with Crippen LogP contribution in [0, 0.1) is 6.92 Å².